The molecule has 1 N–H and O–H groups in total. The van der Waals surface area contributed by atoms with Crippen molar-refractivity contribution in [3.05, 3.63) is 35.6 Å². The third kappa shape index (κ3) is 1.67. The molecule has 76 valence electrons. The summed E-state index contributed by atoms with van der Waals surface area (Å²) in [6.45, 7) is 2.34. The number of halogens is 1. The largest absolute Gasteiger partial charge is 0.396 e. The van der Waals surface area contributed by atoms with Crippen molar-refractivity contribution < 1.29 is 9.50 Å². The van der Waals surface area contributed by atoms with Gasteiger partial charge in [-0.3, -0.25) is 0 Å². The number of hydrogen-bond donors (Lipinski definition) is 1. The van der Waals surface area contributed by atoms with Gasteiger partial charge < -0.3 is 5.11 Å². The fraction of sp³-hybridized carbons (Fsp3) is 0.500. The first-order valence-electron chi connectivity index (χ1n) is 5.00. The van der Waals surface area contributed by atoms with Crippen LogP contribution in [-0.2, 0) is 6.42 Å². The fourth-order valence-electron chi connectivity index (χ4n) is 2.08. The Hall–Kier alpha value is -0.890. The lowest BCUT2D eigenvalue weighted by Gasteiger charge is -2.10. The Labute approximate surface area is 83.6 Å². The van der Waals surface area contributed by atoms with E-state index >= 15 is 0 Å². The Morgan fingerprint density at radius 2 is 2.21 bits per heavy atom. The second kappa shape index (κ2) is 3.35. The topological polar surface area (TPSA) is 20.2 Å². The molecule has 0 bridgehead atoms. The lowest BCUT2D eigenvalue weighted by molar-refractivity contribution is 0.252. The van der Waals surface area contributed by atoms with Crippen LogP contribution in [0.25, 0.3) is 0 Å². The summed E-state index contributed by atoms with van der Waals surface area (Å²) in [5, 5.41) is 9.00. The summed E-state index contributed by atoms with van der Waals surface area (Å²) >= 11 is 0. The lowest BCUT2D eigenvalue weighted by Crippen LogP contribution is -2.06. The molecule has 1 aliphatic carbocycles. The van der Waals surface area contributed by atoms with Crippen LogP contribution in [0.1, 0.15) is 18.9 Å². The highest BCUT2D eigenvalue weighted by atomic mass is 19.1. The van der Waals surface area contributed by atoms with Crippen molar-refractivity contribution in [2.45, 2.75) is 19.8 Å². The van der Waals surface area contributed by atoms with Crippen LogP contribution in [0.4, 0.5) is 4.39 Å². The molecular formula is C12H15FO. The normalized spacial score (nSPS) is 30.4. The van der Waals surface area contributed by atoms with Gasteiger partial charge in [-0.15, -0.1) is 0 Å². The highest BCUT2D eigenvalue weighted by Crippen LogP contribution is 2.54. The Morgan fingerprint density at radius 1 is 1.50 bits per heavy atom. The van der Waals surface area contributed by atoms with Crippen molar-refractivity contribution in [3.63, 3.8) is 0 Å². The van der Waals surface area contributed by atoms with Crippen LogP contribution in [0, 0.1) is 17.2 Å². The summed E-state index contributed by atoms with van der Waals surface area (Å²) in [6, 6.07) is 6.89. The SMILES string of the molecule is CC1(Cc2ccccc2F)CC1CO. The van der Waals surface area contributed by atoms with E-state index in [1.165, 1.54) is 6.07 Å². The molecule has 1 aliphatic rings. The van der Waals surface area contributed by atoms with E-state index in [1.807, 2.05) is 12.1 Å². The van der Waals surface area contributed by atoms with Gasteiger partial charge >= 0.3 is 0 Å². The highest BCUT2D eigenvalue weighted by Gasteiger charge is 2.49. The van der Waals surface area contributed by atoms with E-state index in [0.29, 0.717) is 5.92 Å². The van der Waals surface area contributed by atoms with E-state index in [2.05, 4.69) is 6.92 Å². The molecule has 2 heteroatoms. The van der Waals surface area contributed by atoms with Crippen LogP contribution in [0.2, 0.25) is 0 Å². The van der Waals surface area contributed by atoms with Crippen molar-refractivity contribution in [1.82, 2.24) is 0 Å². The van der Waals surface area contributed by atoms with Crippen molar-refractivity contribution >= 4 is 0 Å². The van der Waals surface area contributed by atoms with Gasteiger partial charge in [-0.05, 0) is 35.8 Å². The average Bonchev–Trinajstić information content (AvgIpc) is 2.81. The molecule has 2 unspecified atom stereocenters. The van der Waals surface area contributed by atoms with Gasteiger partial charge in [0.1, 0.15) is 5.82 Å². The maximum atomic E-state index is 13.3. The quantitative estimate of drug-likeness (QED) is 0.783. The Bertz CT molecular complexity index is 337. The number of hydrogen-bond acceptors (Lipinski definition) is 1. The zero-order valence-electron chi connectivity index (χ0n) is 8.33. The molecule has 0 heterocycles. The molecule has 0 aromatic heterocycles. The first-order chi connectivity index (χ1) is 6.65. The zero-order valence-corrected chi connectivity index (χ0v) is 8.33. The van der Waals surface area contributed by atoms with Crippen molar-refractivity contribution in [2.24, 2.45) is 11.3 Å². The standard InChI is InChI=1S/C12H15FO/c1-12(7-10(12)8-14)6-9-4-2-3-5-11(9)13/h2-5,10,14H,6-8H2,1H3. The van der Waals surface area contributed by atoms with Gasteiger partial charge in [-0.1, -0.05) is 25.1 Å². The molecule has 0 spiro atoms. The van der Waals surface area contributed by atoms with Crippen molar-refractivity contribution in [1.29, 1.82) is 0 Å². The number of rotatable bonds is 3. The first-order valence-corrected chi connectivity index (χ1v) is 5.00. The van der Waals surface area contributed by atoms with E-state index in [0.717, 1.165) is 18.4 Å². The lowest BCUT2D eigenvalue weighted by atomic mass is 9.96. The van der Waals surface area contributed by atoms with E-state index in [-0.39, 0.29) is 17.8 Å². The molecule has 1 saturated carbocycles. The van der Waals surface area contributed by atoms with Gasteiger partial charge in [0.25, 0.3) is 0 Å². The molecule has 0 aliphatic heterocycles. The molecule has 1 fully saturated rings. The Morgan fingerprint density at radius 3 is 2.79 bits per heavy atom. The third-order valence-corrected chi connectivity index (χ3v) is 3.31. The van der Waals surface area contributed by atoms with Crippen LogP contribution >= 0.6 is 0 Å². The molecule has 0 saturated heterocycles. The molecule has 14 heavy (non-hydrogen) atoms. The van der Waals surface area contributed by atoms with Crippen molar-refractivity contribution in [2.75, 3.05) is 6.61 Å². The molecule has 1 aromatic carbocycles. The molecule has 0 amide bonds. The predicted octanol–water partition coefficient (Wildman–Crippen LogP) is 2.39. The summed E-state index contributed by atoms with van der Waals surface area (Å²) in [7, 11) is 0. The predicted molar refractivity (Wildman–Crippen MR) is 53.4 cm³/mol. The van der Waals surface area contributed by atoms with Crippen LogP contribution in [-0.4, -0.2) is 11.7 Å². The minimum absolute atomic E-state index is 0.122. The van der Waals surface area contributed by atoms with E-state index in [1.54, 1.807) is 6.07 Å². The fourth-order valence-corrected chi connectivity index (χ4v) is 2.08. The maximum Gasteiger partial charge on any atom is 0.126 e. The number of aliphatic hydroxyl groups is 1. The summed E-state index contributed by atoms with van der Waals surface area (Å²) in [4.78, 5) is 0. The molecule has 1 nitrogen and oxygen atoms in total. The van der Waals surface area contributed by atoms with Crippen LogP contribution in [0.3, 0.4) is 0 Å². The van der Waals surface area contributed by atoms with Gasteiger partial charge in [0.15, 0.2) is 0 Å². The third-order valence-electron chi connectivity index (χ3n) is 3.31. The number of aliphatic hydroxyl groups excluding tert-OH is 1. The van der Waals surface area contributed by atoms with E-state index in [4.69, 9.17) is 5.11 Å². The average molecular weight is 194 g/mol. The zero-order chi connectivity index (χ0) is 10.2. The molecule has 0 radical (unpaired) electrons. The van der Waals surface area contributed by atoms with Crippen LogP contribution in [0.15, 0.2) is 24.3 Å². The monoisotopic (exact) mass is 194 g/mol. The van der Waals surface area contributed by atoms with Crippen molar-refractivity contribution in [3.8, 4) is 0 Å². The summed E-state index contributed by atoms with van der Waals surface area (Å²) in [6.07, 6.45) is 1.75. The van der Waals surface area contributed by atoms with Gasteiger partial charge in [-0.2, -0.15) is 0 Å². The Balaban J connectivity index is 2.09. The van der Waals surface area contributed by atoms with E-state index in [9.17, 15) is 4.39 Å². The molecule has 1 aromatic rings. The second-order valence-corrected chi connectivity index (χ2v) is 4.51. The summed E-state index contributed by atoms with van der Waals surface area (Å²) in [5.74, 6) is 0.236. The van der Waals surface area contributed by atoms with E-state index < -0.39 is 0 Å². The van der Waals surface area contributed by atoms with Gasteiger partial charge in [0.05, 0.1) is 0 Å². The minimum Gasteiger partial charge on any atom is -0.396 e. The smallest absolute Gasteiger partial charge is 0.126 e. The van der Waals surface area contributed by atoms with Crippen LogP contribution in [0.5, 0.6) is 0 Å². The van der Waals surface area contributed by atoms with Crippen LogP contribution < -0.4 is 0 Å². The maximum absolute atomic E-state index is 13.3. The van der Waals surface area contributed by atoms with Gasteiger partial charge in [-0.25, -0.2) is 4.39 Å². The highest BCUT2D eigenvalue weighted by molar-refractivity contribution is 5.21. The molecule has 2 rings (SSSR count). The van der Waals surface area contributed by atoms with Gasteiger partial charge in [0, 0.05) is 6.61 Å². The molecular weight excluding hydrogens is 179 g/mol. The molecule has 2 atom stereocenters. The second-order valence-electron chi connectivity index (χ2n) is 4.51. The summed E-state index contributed by atoms with van der Waals surface area (Å²) < 4.78 is 13.3. The Kier molecular flexibility index (Phi) is 2.31. The number of benzene rings is 1. The van der Waals surface area contributed by atoms with Gasteiger partial charge in [0.2, 0.25) is 0 Å². The minimum atomic E-state index is -0.127. The summed E-state index contributed by atoms with van der Waals surface area (Å²) in [5.41, 5.74) is 0.891. The first kappa shape index (κ1) is 9.66.